The quantitative estimate of drug-likeness (QED) is 0.179. The Labute approximate surface area is 134 Å². The fourth-order valence-corrected chi connectivity index (χ4v) is 3.27. The van der Waals surface area contributed by atoms with Gasteiger partial charge in [0.2, 0.25) is 0 Å². The molecule has 0 spiro atoms. The predicted octanol–water partition coefficient (Wildman–Crippen LogP) is 1.61. The van der Waals surface area contributed by atoms with Crippen molar-refractivity contribution in [1.82, 2.24) is 4.78 Å². The number of amides is 1. The monoisotopic (exact) mass is 428 g/mol. The van der Waals surface area contributed by atoms with Crippen molar-refractivity contribution in [2.24, 2.45) is 5.84 Å². The lowest BCUT2D eigenvalue weighted by Gasteiger charge is -2.27. The summed E-state index contributed by atoms with van der Waals surface area (Å²) in [6, 6.07) is 0. The van der Waals surface area contributed by atoms with Gasteiger partial charge < -0.3 is 4.74 Å². The van der Waals surface area contributed by atoms with Gasteiger partial charge in [-0.2, -0.15) is 34.8 Å². The Kier molecular flexibility index (Phi) is 6.01. The van der Waals surface area contributed by atoms with Crippen molar-refractivity contribution in [3.8, 4) is 0 Å². The molecule has 25 heavy (non-hydrogen) atoms. The summed E-state index contributed by atoms with van der Waals surface area (Å²) in [5, 5.41) is 0. The number of hydrogen-bond acceptors (Lipinski definition) is 8. The third-order valence-corrected chi connectivity index (χ3v) is 4.79. The number of nitrogens with two attached hydrogens (primary N) is 1. The highest BCUT2D eigenvalue weighted by Crippen LogP contribution is 2.55. The van der Waals surface area contributed by atoms with E-state index in [-0.39, 0.29) is 0 Å². The average molecular weight is 428 g/mol. The molecule has 2 unspecified atom stereocenters. The molecule has 1 amide bonds. The van der Waals surface area contributed by atoms with Crippen LogP contribution in [0.15, 0.2) is 0 Å². The van der Waals surface area contributed by atoms with E-state index in [9.17, 15) is 48.3 Å². The summed E-state index contributed by atoms with van der Waals surface area (Å²) in [5.74, 6) is 3.60. The first kappa shape index (κ1) is 21.9. The summed E-state index contributed by atoms with van der Waals surface area (Å²) >= 11 is 0. The van der Waals surface area contributed by atoms with E-state index < -0.39 is 65.7 Å². The Bertz CT molecular complexity index is 651. The van der Waals surface area contributed by atoms with E-state index >= 15 is 0 Å². The Morgan fingerprint density at radius 1 is 1.24 bits per heavy atom. The van der Waals surface area contributed by atoms with E-state index in [1.54, 1.807) is 0 Å². The highest BCUT2D eigenvalue weighted by molar-refractivity contribution is 7.87. The zero-order chi connectivity index (χ0) is 19.8. The topological polar surface area (TPSA) is 125 Å². The number of hydrazine groups is 1. The number of nitrogens with zero attached hydrogens (tertiary/aromatic N) is 1. The lowest BCUT2D eigenvalue weighted by atomic mass is 10.3. The van der Waals surface area contributed by atoms with Crippen LogP contribution in [0.5, 0.6) is 0 Å². The molecule has 0 saturated carbocycles. The fourth-order valence-electron chi connectivity index (χ4n) is 1.35. The molecule has 1 fully saturated rings. The summed E-state index contributed by atoms with van der Waals surface area (Å²) in [6.07, 6.45) is -21.1. The molecule has 1 rings (SSSR count). The summed E-state index contributed by atoms with van der Waals surface area (Å²) in [7, 11) is -10.8. The molecule has 2 atom stereocenters. The summed E-state index contributed by atoms with van der Waals surface area (Å²) < 4.78 is 130. The molecule has 0 aromatic heterocycles. The fraction of sp³-hybridized carbons (Fsp3) is 0.857. The molecule has 2 N–H and O–H groups in total. The largest absolute Gasteiger partial charge is 0.493 e. The second kappa shape index (κ2) is 6.86. The molecule has 1 saturated heterocycles. The SMILES string of the molecule is NN(C(=O)OC1COS(=O)(=O)C1)P(=O)(F)OC(C(F)(F)F)C(F)(F)F. The molecular formula is C7H8F7N2O7PS. The highest BCUT2D eigenvalue weighted by Gasteiger charge is 2.62. The third-order valence-electron chi connectivity index (χ3n) is 2.37. The molecule has 1 heterocycles. The van der Waals surface area contributed by atoms with Gasteiger partial charge >= 0.3 is 26.3 Å². The van der Waals surface area contributed by atoms with Crippen molar-refractivity contribution in [3.05, 3.63) is 0 Å². The van der Waals surface area contributed by atoms with Gasteiger partial charge in [-0.25, -0.2) is 15.2 Å². The van der Waals surface area contributed by atoms with Gasteiger partial charge in [0, 0.05) is 0 Å². The maximum Gasteiger partial charge on any atom is 0.493 e. The lowest BCUT2D eigenvalue weighted by Crippen LogP contribution is -2.46. The Morgan fingerprint density at radius 2 is 1.72 bits per heavy atom. The Hall–Kier alpha value is -1.16. The van der Waals surface area contributed by atoms with Crippen LogP contribution in [0, 0.1) is 0 Å². The van der Waals surface area contributed by atoms with Gasteiger partial charge in [0.05, 0.1) is 0 Å². The summed E-state index contributed by atoms with van der Waals surface area (Å²) in [4.78, 5) is 11.3. The number of ether oxygens (including phenoxy) is 1. The molecule has 18 heteroatoms. The predicted molar refractivity (Wildman–Crippen MR) is 61.7 cm³/mol. The Morgan fingerprint density at radius 3 is 2.08 bits per heavy atom. The zero-order valence-corrected chi connectivity index (χ0v) is 13.2. The van der Waals surface area contributed by atoms with Crippen molar-refractivity contribution < 1.29 is 61.8 Å². The minimum absolute atomic E-state index is 0.771. The number of halogens is 7. The first-order valence-corrected chi connectivity index (χ1v) is 8.75. The van der Waals surface area contributed by atoms with Gasteiger partial charge in [0.1, 0.15) is 18.5 Å². The van der Waals surface area contributed by atoms with Gasteiger partial charge in [-0.05, 0) is 0 Å². The van der Waals surface area contributed by atoms with Crippen molar-refractivity contribution in [1.29, 1.82) is 0 Å². The van der Waals surface area contributed by atoms with Crippen LogP contribution in [-0.2, 0) is 28.1 Å². The maximum atomic E-state index is 13.6. The smallest absolute Gasteiger partial charge is 0.441 e. The number of carbonyl (C=O) groups excluding carboxylic acids is 1. The van der Waals surface area contributed by atoms with Crippen molar-refractivity contribution >= 4 is 24.0 Å². The molecule has 0 aliphatic carbocycles. The molecule has 0 bridgehead atoms. The van der Waals surface area contributed by atoms with E-state index in [4.69, 9.17) is 0 Å². The van der Waals surface area contributed by atoms with Crippen LogP contribution >= 0.6 is 7.83 Å². The van der Waals surface area contributed by atoms with Crippen LogP contribution in [0.25, 0.3) is 0 Å². The van der Waals surface area contributed by atoms with Crippen LogP contribution in [0.1, 0.15) is 0 Å². The number of alkyl halides is 6. The summed E-state index contributed by atoms with van der Waals surface area (Å²) in [5.41, 5.74) is 0. The second-order valence-corrected chi connectivity index (χ2v) is 7.61. The normalized spacial score (nSPS) is 23.3. The van der Waals surface area contributed by atoms with Gasteiger partial charge in [-0.1, -0.05) is 0 Å². The molecule has 0 radical (unpaired) electrons. The van der Waals surface area contributed by atoms with Gasteiger partial charge in [0.25, 0.3) is 16.2 Å². The van der Waals surface area contributed by atoms with E-state index in [0.717, 1.165) is 0 Å². The zero-order valence-electron chi connectivity index (χ0n) is 11.5. The van der Waals surface area contributed by atoms with Crippen LogP contribution in [0.4, 0.5) is 35.3 Å². The van der Waals surface area contributed by atoms with Crippen molar-refractivity contribution in [2.75, 3.05) is 12.4 Å². The first-order valence-electron chi connectivity index (χ1n) is 5.70. The molecule has 0 aromatic carbocycles. The average Bonchev–Trinajstić information content (AvgIpc) is 2.71. The van der Waals surface area contributed by atoms with Crippen molar-refractivity contribution in [3.63, 3.8) is 0 Å². The number of carbonyl (C=O) groups is 1. The lowest BCUT2D eigenvalue weighted by molar-refractivity contribution is -0.301. The van der Waals surface area contributed by atoms with E-state index in [2.05, 4.69) is 19.3 Å². The van der Waals surface area contributed by atoms with Crippen LogP contribution in [0.2, 0.25) is 0 Å². The number of hydrogen-bond donors (Lipinski definition) is 1. The Balaban J connectivity index is 2.85. The van der Waals surface area contributed by atoms with Crippen molar-refractivity contribution in [2.45, 2.75) is 24.6 Å². The second-order valence-electron chi connectivity index (χ2n) is 4.38. The molecular weight excluding hydrogens is 420 g/mol. The van der Waals surface area contributed by atoms with Gasteiger partial charge in [-0.15, -0.1) is 8.98 Å². The highest BCUT2D eigenvalue weighted by atomic mass is 32.2. The standard InChI is InChI=1S/C7H8F7N2O7PS/c8-6(9,10)4(7(11,12)13)23-24(14,18)16(15)5(17)22-3-1-21-25(19,20)2-3/h3-4H,1-2,15H2. The molecule has 148 valence electrons. The van der Waals surface area contributed by atoms with E-state index in [1.807, 2.05) is 0 Å². The van der Waals surface area contributed by atoms with E-state index in [0.29, 0.717) is 0 Å². The molecule has 1 aliphatic heterocycles. The van der Waals surface area contributed by atoms with Gasteiger partial charge in [0.15, 0.2) is 0 Å². The molecule has 1 aliphatic rings. The molecule has 0 aromatic rings. The number of rotatable bonds is 4. The van der Waals surface area contributed by atoms with Crippen LogP contribution in [0.3, 0.4) is 0 Å². The van der Waals surface area contributed by atoms with Crippen LogP contribution < -0.4 is 5.84 Å². The minimum atomic E-state index is -6.67. The minimum Gasteiger partial charge on any atom is -0.441 e. The third kappa shape index (κ3) is 5.95. The van der Waals surface area contributed by atoms with Gasteiger partial charge in [-0.3, -0.25) is 8.71 Å². The summed E-state index contributed by atoms with van der Waals surface area (Å²) in [6.45, 7) is -0.771. The van der Waals surface area contributed by atoms with Crippen LogP contribution in [-0.4, -0.2) is 56.2 Å². The maximum absolute atomic E-state index is 13.6. The first-order chi connectivity index (χ1) is 11.0. The van der Waals surface area contributed by atoms with E-state index in [1.165, 1.54) is 0 Å². The molecule has 9 nitrogen and oxygen atoms in total.